The Balaban J connectivity index is 1.80. The summed E-state index contributed by atoms with van der Waals surface area (Å²) in [6.45, 7) is 0. The Morgan fingerprint density at radius 2 is 2.57 bits per heavy atom. The van der Waals surface area contributed by atoms with Crippen LogP contribution in [0.25, 0.3) is 0 Å². The van der Waals surface area contributed by atoms with E-state index in [0.29, 0.717) is 0 Å². The van der Waals surface area contributed by atoms with Crippen molar-refractivity contribution in [3.8, 4) is 0 Å². The van der Waals surface area contributed by atoms with E-state index in [1.807, 2.05) is 22.6 Å². The maximum atomic E-state index is 3.99. The van der Waals surface area contributed by atoms with Crippen LogP contribution in [0, 0.1) is 0 Å². The third-order valence-corrected chi connectivity index (χ3v) is 4.21. The zero-order valence-electron chi connectivity index (χ0n) is 3.66. The van der Waals surface area contributed by atoms with E-state index in [2.05, 4.69) is 11.7 Å². The summed E-state index contributed by atoms with van der Waals surface area (Å²) in [5.74, 6) is 2.65. The Morgan fingerprint density at radius 3 is 3.00 bits per heavy atom. The molecular weight excluding hydrogens is 164 g/mol. The molecule has 0 N–H and O–H groups in total. The van der Waals surface area contributed by atoms with Crippen molar-refractivity contribution in [2.45, 2.75) is 5.25 Å². The van der Waals surface area contributed by atoms with Gasteiger partial charge in [0.2, 0.25) is 0 Å². The van der Waals surface area contributed by atoms with Gasteiger partial charge in [0.25, 0.3) is 0 Å². The van der Waals surface area contributed by atoms with Crippen molar-refractivity contribution < 1.29 is 0 Å². The second-order valence-electron chi connectivity index (χ2n) is 1.31. The lowest BCUT2D eigenvalue weighted by Gasteiger charge is -1.86. The smallest absolute Gasteiger partial charge is 0.0237 e. The third kappa shape index (κ3) is 3.06. The molecule has 1 fully saturated rings. The van der Waals surface area contributed by atoms with Gasteiger partial charge in [-0.2, -0.15) is 11.8 Å². The van der Waals surface area contributed by atoms with Crippen molar-refractivity contribution >= 4 is 44.0 Å². The summed E-state index contributed by atoms with van der Waals surface area (Å²) in [5.41, 5.74) is 0. The van der Waals surface area contributed by atoms with E-state index in [4.69, 9.17) is 0 Å². The lowest BCUT2D eigenvalue weighted by Crippen LogP contribution is -1.81. The van der Waals surface area contributed by atoms with E-state index in [-0.39, 0.29) is 0 Å². The first-order valence-corrected chi connectivity index (χ1v) is 6.40. The molecule has 0 aromatic heterocycles. The normalized spacial score (nSPS) is 27.9. The average molecular weight is 170 g/mol. The standard InChI is InChI=1S/C3H6S4/c4-7-6-2-3-1-5-3/h3-4H,1-2H2. The van der Waals surface area contributed by atoms with Crippen LogP contribution in [0.3, 0.4) is 0 Å². The molecule has 1 rings (SSSR count). The summed E-state index contributed by atoms with van der Waals surface area (Å²) in [6.07, 6.45) is 0. The van der Waals surface area contributed by atoms with Gasteiger partial charge in [-0.15, -0.1) is 0 Å². The Labute approximate surface area is 60.8 Å². The molecule has 1 aliphatic heterocycles. The first-order chi connectivity index (χ1) is 3.43. The Hall–Kier alpha value is 1.40. The van der Waals surface area contributed by atoms with E-state index in [9.17, 15) is 0 Å². The summed E-state index contributed by atoms with van der Waals surface area (Å²) in [5, 5.41) is 0.963. The maximum absolute atomic E-state index is 3.99. The molecule has 7 heavy (non-hydrogen) atoms. The van der Waals surface area contributed by atoms with Gasteiger partial charge < -0.3 is 0 Å². The molecule has 0 radical (unpaired) electrons. The summed E-state index contributed by atoms with van der Waals surface area (Å²) in [7, 11) is 3.41. The van der Waals surface area contributed by atoms with Crippen molar-refractivity contribution in [3.05, 3.63) is 0 Å². The highest BCUT2D eigenvalue weighted by Gasteiger charge is 2.21. The Kier molecular flexibility index (Phi) is 3.19. The molecule has 1 heterocycles. The monoisotopic (exact) mass is 170 g/mol. The molecule has 0 aromatic rings. The van der Waals surface area contributed by atoms with Crippen molar-refractivity contribution in [2.24, 2.45) is 0 Å². The molecule has 0 saturated carbocycles. The van der Waals surface area contributed by atoms with Gasteiger partial charge in [0.05, 0.1) is 0 Å². The number of hydrogen-bond donors (Lipinski definition) is 1. The first kappa shape index (κ1) is 6.52. The molecule has 0 bridgehead atoms. The molecule has 4 heteroatoms. The molecule has 1 saturated heterocycles. The minimum Gasteiger partial charge on any atom is -0.156 e. The second-order valence-corrected chi connectivity index (χ2v) is 5.86. The van der Waals surface area contributed by atoms with Crippen molar-refractivity contribution in [1.82, 2.24) is 0 Å². The van der Waals surface area contributed by atoms with Crippen LogP contribution < -0.4 is 0 Å². The predicted molar refractivity (Wildman–Crippen MR) is 45.3 cm³/mol. The van der Waals surface area contributed by atoms with Gasteiger partial charge in [-0.25, -0.2) is 0 Å². The number of thioether (sulfide) groups is 1. The van der Waals surface area contributed by atoms with Gasteiger partial charge in [-0.05, 0) is 9.83 Å². The molecule has 1 unspecified atom stereocenters. The van der Waals surface area contributed by atoms with E-state index in [0.717, 1.165) is 5.25 Å². The minimum absolute atomic E-state index is 0.963. The quantitative estimate of drug-likeness (QED) is 0.392. The number of hydrogen-bond acceptors (Lipinski definition) is 4. The van der Waals surface area contributed by atoms with E-state index in [1.54, 1.807) is 9.83 Å². The summed E-state index contributed by atoms with van der Waals surface area (Å²) >= 11 is 6.03. The van der Waals surface area contributed by atoms with Crippen molar-refractivity contribution in [3.63, 3.8) is 0 Å². The third-order valence-electron chi connectivity index (χ3n) is 0.709. The molecule has 0 amide bonds. The highest BCUT2D eigenvalue weighted by molar-refractivity contribution is 9.05. The lowest BCUT2D eigenvalue weighted by molar-refractivity contribution is 1.28. The minimum atomic E-state index is 0.963. The predicted octanol–water partition coefficient (Wildman–Crippen LogP) is 2.33. The van der Waals surface area contributed by atoms with Gasteiger partial charge in [-0.1, -0.05) is 22.5 Å². The van der Waals surface area contributed by atoms with Crippen LogP contribution in [0.4, 0.5) is 0 Å². The van der Waals surface area contributed by atoms with E-state index in [1.165, 1.54) is 11.5 Å². The fourth-order valence-electron chi connectivity index (χ4n) is 0.271. The fourth-order valence-corrected chi connectivity index (χ4v) is 3.07. The largest absolute Gasteiger partial charge is 0.156 e. The molecule has 0 aliphatic carbocycles. The summed E-state index contributed by atoms with van der Waals surface area (Å²) in [6, 6.07) is 0. The highest BCUT2D eigenvalue weighted by Crippen LogP contribution is 2.37. The van der Waals surface area contributed by atoms with Crippen LogP contribution in [0.1, 0.15) is 0 Å². The van der Waals surface area contributed by atoms with Crippen LogP contribution >= 0.6 is 44.0 Å². The zero-order valence-corrected chi connectivity index (χ0v) is 7.01. The number of rotatable bonds is 3. The van der Waals surface area contributed by atoms with Crippen LogP contribution in [0.2, 0.25) is 0 Å². The van der Waals surface area contributed by atoms with Crippen LogP contribution in [-0.2, 0) is 0 Å². The maximum Gasteiger partial charge on any atom is 0.0237 e. The van der Waals surface area contributed by atoms with Gasteiger partial charge in [0.1, 0.15) is 0 Å². The fraction of sp³-hybridized carbons (Fsp3) is 1.00. The Bertz CT molecular complexity index is 50.9. The van der Waals surface area contributed by atoms with Crippen LogP contribution in [-0.4, -0.2) is 16.8 Å². The van der Waals surface area contributed by atoms with Crippen LogP contribution in [0.15, 0.2) is 0 Å². The van der Waals surface area contributed by atoms with E-state index >= 15 is 0 Å². The van der Waals surface area contributed by atoms with Crippen molar-refractivity contribution in [2.75, 3.05) is 11.5 Å². The first-order valence-electron chi connectivity index (χ1n) is 1.98. The van der Waals surface area contributed by atoms with Gasteiger partial charge >= 0.3 is 0 Å². The zero-order chi connectivity index (χ0) is 5.11. The molecule has 42 valence electrons. The molecule has 0 nitrogen and oxygen atoms in total. The summed E-state index contributed by atoms with van der Waals surface area (Å²) in [4.78, 5) is 0. The molecule has 0 spiro atoms. The SMILES string of the molecule is SSSCC1CS1. The summed E-state index contributed by atoms with van der Waals surface area (Å²) < 4.78 is 0. The molecular formula is C3H6S4. The molecule has 1 atom stereocenters. The second kappa shape index (κ2) is 3.43. The Morgan fingerprint density at radius 1 is 1.86 bits per heavy atom. The highest BCUT2D eigenvalue weighted by atomic mass is 33.5. The molecule has 0 aromatic carbocycles. The lowest BCUT2D eigenvalue weighted by atomic mass is 10.6. The van der Waals surface area contributed by atoms with Crippen LogP contribution in [0.5, 0.6) is 0 Å². The average Bonchev–Trinajstić information content (AvgIpc) is 2.42. The van der Waals surface area contributed by atoms with Gasteiger partial charge in [0, 0.05) is 16.8 Å². The number of thiol groups is 1. The van der Waals surface area contributed by atoms with Gasteiger partial charge in [-0.3, -0.25) is 0 Å². The topological polar surface area (TPSA) is 0 Å². The van der Waals surface area contributed by atoms with Crippen molar-refractivity contribution in [1.29, 1.82) is 0 Å². The molecule has 1 aliphatic rings. The van der Waals surface area contributed by atoms with Gasteiger partial charge in [0.15, 0.2) is 0 Å². The van der Waals surface area contributed by atoms with E-state index < -0.39 is 0 Å².